The van der Waals surface area contributed by atoms with Crippen LogP contribution in [0, 0.1) is 20.8 Å². The highest BCUT2D eigenvalue weighted by atomic mass is 32.1. The normalized spacial score (nSPS) is 12.1. The molecule has 0 fully saturated rings. The van der Waals surface area contributed by atoms with Crippen molar-refractivity contribution in [3.8, 4) is 0 Å². The third kappa shape index (κ3) is 2.62. The lowest BCUT2D eigenvalue weighted by atomic mass is 10.1. The molecule has 0 atom stereocenters. The van der Waals surface area contributed by atoms with Gasteiger partial charge in [-0.3, -0.25) is 0 Å². The van der Waals surface area contributed by atoms with Crippen LogP contribution in [0.3, 0.4) is 0 Å². The van der Waals surface area contributed by atoms with E-state index in [4.69, 9.17) is 5.73 Å². The summed E-state index contributed by atoms with van der Waals surface area (Å²) < 4.78 is 0. The van der Waals surface area contributed by atoms with Crippen LogP contribution in [0.5, 0.6) is 0 Å². The molecule has 2 rings (SSSR count). The van der Waals surface area contributed by atoms with Gasteiger partial charge in [0.25, 0.3) is 0 Å². The number of aryl methyl sites for hydroxylation is 3. The molecular formula is C13H20N4S. The van der Waals surface area contributed by atoms with Gasteiger partial charge in [-0.15, -0.1) is 11.3 Å². The lowest BCUT2D eigenvalue weighted by Gasteiger charge is -2.20. The Labute approximate surface area is 112 Å². The van der Waals surface area contributed by atoms with Gasteiger partial charge in [0, 0.05) is 17.0 Å². The Morgan fingerprint density at radius 2 is 1.89 bits per heavy atom. The summed E-state index contributed by atoms with van der Waals surface area (Å²) >= 11 is 1.72. The monoisotopic (exact) mass is 264 g/mol. The summed E-state index contributed by atoms with van der Waals surface area (Å²) in [5, 5.41) is 4.48. The van der Waals surface area contributed by atoms with Gasteiger partial charge in [0.05, 0.1) is 5.39 Å². The van der Waals surface area contributed by atoms with Gasteiger partial charge in [-0.05, 0) is 40.2 Å². The zero-order valence-electron chi connectivity index (χ0n) is 11.6. The zero-order chi connectivity index (χ0) is 13.5. The second-order valence-corrected chi connectivity index (χ2v) is 6.63. The molecule has 0 radical (unpaired) electrons. The Hall–Kier alpha value is -1.20. The summed E-state index contributed by atoms with van der Waals surface area (Å²) in [5.74, 6) is 1.69. The van der Waals surface area contributed by atoms with Gasteiger partial charge in [0.2, 0.25) is 0 Å². The average Bonchev–Trinajstić information content (AvgIpc) is 2.50. The van der Waals surface area contributed by atoms with Gasteiger partial charge in [-0.1, -0.05) is 0 Å². The molecule has 0 saturated carbocycles. The zero-order valence-corrected chi connectivity index (χ0v) is 12.4. The lowest BCUT2D eigenvalue weighted by Crippen LogP contribution is -2.39. The molecule has 18 heavy (non-hydrogen) atoms. The van der Waals surface area contributed by atoms with E-state index in [0.717, 1.165) is 21.9 Å². The van der Waals surface area contributed by atoms with Gasteiger partial charge < -0.3 is 11.1 Å². The van der Waals surface area contributed by atoms with Crippen molar-refractivity contribution in [1.82, 2.24) is 9.97 Å². The minimum absolute atomic E-state index is 0.260. The van der Waals surface area contributed by atoms with E-state index in [-0.39, 0.29) is 5.54 Å². The van der Waals surface area contributed by atoms with E-state index in [0.29, 0.717) is 6.54 Å². The number of nitrogens with zero attached hydrogens (tertiary/aromatic N) is 2. The molecule has 0 amide bonds. The van der Waals surface area contributed by atoms with Crippen molar-refractivity contribution in [1.29, 1.82) is 0 Å². The number of nitrogens with two attached hydrogens (primary N) is 1. The van der Waals surface area contributed by atoms with E-state index in [2.05, 4.69) is 29.1 Å². The molecule has 0 unspecified atom stereocenters. The smallest absolute Gasteiger partial charge is 0.138 e. The van der Waals surface area contributed by atoms with Crippen molar-refractivity contribution >= 4 is 27.4 Å². The number of aromatic nitrogens is 2. The molecule has 5 heteroatoms. The number of nitrogens with one attached hydrogen (secondary N) is 1. The molecule has 4 nitrogen and oxygen atoms in total. The van der Waals surface area contributed by atoms with Crippen molar-refractivity contribution in [2.24, 2.45) is 5.73 Å². The standard InChI is InChI=1S/C13H20N4S/c1-7-8(2)18-12-10(7)11(16-9(3)17-12)15-6-13(4,5)14/h6,14H2,1-5H3,(H,15,16,17). The second kappa shape index (κ2) is 4.48. The van der Waals surface area contributed by atoms with Crippen LogP contribution in [0.1, 0.15) is 30.1 Å². The first-order valence-electron chi connectivity index (χ1n) is 6.05. The van der Waals surface area contributed by atoms with Crippen molar-refractivity contribution in [3.05, 3.63) is 16.3 Å². The van der Waals surface area contributed by atoms with Crippen LogP contribution in [-0.2, 0) is 0 Å². The quantitative estimate of drug-likeness (QED) is 0.894. The van der Waals surface area contributed by atoms with Crippen LogP contribution < -0.4 is 11.1 Å². The number of hydrogen-bond donors (Lipinski definition) is 2. The van der Waals surface area contributed by atoms with Gasteiger partial charge in [0.15, 0.2) is 0 Å². The molecule has 3 N–H and O–H groups in total. The van der Waals surface area contributed by atoms with E-state index < -0.39 is 0 Å². The molecule has 2 heterocycles. The topological polar surface area (TPSA) is 63.8 Å². The van der Waals surface area contributed by atoms with E-state index in [1.54, 1.807) is 11.3 Å². The first kappa shape index (κ1) is 13.2. The van der Waals surface area contributed by atoms with Gasteiger partial charge in [0.1, 0.15) is 16.5 Å². The molecule has 2 aromatic rings. The summed E-state index contributed by atoms with van der Waals surface area (Å²) in [6, 6.07) is 0. The first-order valence-corrected chi connectivity index (χ1v) is 6.86. The Morgan fingerprint density at radius 1 is 1.22 bits per heavy atom. The number of rotatable bonds is 3. The Kier molecular flexibility index (Phi) is 3.29. The number of thiophene rings is 1. The maximum Gasteiger partial charge on any atom is 0.138 e. The molecule has 0 saturated heterocycles. The Bertz CT molecular complexity index is 581. The van der Waals surface area contributed by atoms with Crippen LogP contribution in [0.2, 0.25) is 0 Å². The third-order valence-electron chi connectivity index (χ3n) is 2.85. The molecule has 2 aromatic heterocycles. The van der Waals surface area contributed by atoms with E-state index in [1.165, 1.54) is 10.4 Å². The fraction of sp³-hybridized carbons (Fsp3) is 0.538. The summed E-state index contributed by atoms with van der Waals surface area (Å²) in [5.41, 5.74) is 7.00. The van der Waals surface area contributed by atoms with Crippen LogP contribution >= 0.6 is 11.3 Å². The maximum absolute atomic E-state index is 6.01. The van der Waals surface area contributed by atoms with Crippen molar-refractivity contribution in [2.75, 3.05) is 11.9 Å². The van der Waals surface area contributed by atoms with Crippen molar-refractivity contribution < 1.29 is 0 Å². The van der Waals surface area contributed by atoms with Crippen molar-refractivity contribution in [2.45, 2.75) is 40.2 Å². The highest BCUT2D eigenvalue weighted by molar-refractivity contribution is 7.18. The molecule has 0 aliphatic heterocycles. The molecule has 0 aliphatic carbocycles. The lowest BCUT2D eigenvalue weighted by molar-refractivity contribution is 0.548. The van der Waals surface area contributed by atoms with Gasteiger partial charge in [-0.25, -0.2) is 9.97 Å². The van der Waals surface area contributed by atoms with Gasteiger partial charge >= 0.3 is 0 Å². The fourth-order valence-corrected chi connectivity index (χ4v) is 2.87. The summed E-state index contributed by atoms with van der Waals surface area (Å²) in [7, 11) is 0. The average molecular weight is 264 g/mol. The largest absolute Gasteiger partial charge is 0.368 e. The number of fused-ring (bicyclic) bond motifs is 1. The van der Waals surface area contributed by atoms with Gasteiger partial charge in [-0.2, -0.15) is 0 Å². The Morgan fingerprint density at radius 3 is 2.50 bits per heavy atom. The summed E-state index contributed by atoms with van der Waals surface area (Å²) in [6.07, 6.45) is 0. The SMILES string of the molecule is Cc1nc(NCC(C)(C)N)c2c(C)c(C)sc2n1. The van der Waals surface area contributed by atoms with Crippen molar-refractivity contribution in [3.63, 3.8) is 0 Å². The predicted molar refractivity (Wildman–Crippen MR) is 78.4 cm³/mol. The third-order valence-corrected chi connectivity index (χ3v) is 3.95. The molecule has 0 aliphatic rings. The fourth-order valence-electron chi connectivity index (χ4n) is 1.80. The first-order chi connectivity index (χ1) is 8.28. The van der Waals surface area contributed by atoms with E-state index in [9.17, 15) is 0 Å². The Balaban J connectivity index is 2.48. The number of hydrogen-bond acceptors (Lipinski definition) is 5. The summed E-state index contributed by atoms with van der Waals surface area (Å²) in [6.45, 7) is 10.8. The highest BCUT2D eigenvalue weighted by Gasteiger charge is 2.16. The molecule has 0 bridgehead atoms. The van der Waals surface area contributed by atoms with E-state index >= 15 is 0 Å². The van der Waals surface area contributed by atoms with Crippen LogP contribution in [0.25, 0.3) is 10.2 Å². The van der Waals surface area contributed by atoms with Crippen LogP contribution in [0.4, 0.5) is 5.82 Å². The highest BCUT2D eigenvalue weighted by Crippen LogP contribution is 2.33. The minimum atomic E-state index is -0.260. The summed E-state index contributed by atoms with van der Waals surface area (Å²) in [4.78, 5) is 11.3. The predicted octanol–water partition coefficient (Wildman–Crippen LogP) is 2.77. The van der Waals surface area contributed by atoms with Crippen LogP contribution in [0.15, 0.2) is 0 Å². The molecule has 98 valence electrons. The molecule has 0 aromatic carbocycles. The second-order valence-electron chi connectivity index (χ2n) is 5.42. The minimum Gasteiger partial charge on any atom is -0.368 e. The van der Waals surface area contributed by atoms with Crippen LogP contribution in [-0.4, -0.2) is 22.1 Å². The molecule has 0 spiro atoms. The van der Waals surface area contributed by atoms with E-state index in [1.807, 2.05) is 20.8 Å². The number of anilines is 1. The maximum atomic E-state index is 6.01. The molecular weight excluding hydrogens is 244 g/mol.